The zero-order valence-corrected chi connectivity index (χ0v) is 9.79. The molecule has 2 rings (SSSR count). The fourth-order valence-corrected chi connectivity index (χ4v) is 2.50. The third-order valence-corrected chi connectivity index (χ3v) is 3.53. The smallest absolute Gasteiger partial charge is 0.251 e. The highest BCUT2D eigenvalue weighted by Crippen LogP contribution is 2.19. The summed E-state index contributed by atoms with van der Waals surface area (Å²) in [6, 6.07) is 7.95. The third kappa shape index (κ3) is 2.66. The maximum Gasteiger partial charge on any atom is 0.251 e. The van der Waals surface area contributed by atoms with E-state index in [2.05, 4.69) is 5.32 Å². The van der Waals surface area contributed by atoms with E-state index in [1.807, 2.05) is 6.07 Å². The minimum Gasteiger partial charge on any atom is -0.341 e. The van der Waals surface area contributed by atoms with Crippen molar-refractivity contribution in [2.45, 2.75) is 12.5 Å². The van der Waals surface area contributed by atoms with E-state index in [4.69, 9.17) is 5.26 Å². The van der Waals surface area contributed by atoms with E-state index < -0.39 is 0 Å². The van der Waals surface area contributed by atoms with Crippen LogP contribution in [0.15, 0.2) is 24.3 Å². The van der Waals surface area contributed by atoms with Crippen molar-refractivity contribution in [3.8, 4) is 6.07 Å². The molecule has 1 aromatic rings. The molecule has 0 radical (unpaired) electrons. The highest BCUT2D eigenvalue weighted by Gasteiger charge is 2.26. The number of hydrogen-bond acceptors (Lipinski definition) is 4. The lowest BCUT2D eigenvalue weighted by Crippen LogP contribution is -2.37. The molecule has 1 saturated heterocycles. The highest BCUT2D eigenvalue weighted by atomic mass is 32.2. The maximum absolute atomic E-state index is 11.8. The Balaban J connectivity index is 2.04. The molecule has 1 aliphatic rings. The van der Waals surface area contributed by atoms with Gasteiger partial charge < -0.3 is 5.32 Å². The van der Waals surface area contributed by atoms with Crippen molar-refractivity contribution in [3.63, 3.8) is 0 Å². The minimum atomic E-state index is -0.372. The molecular weight excluding hydrogens is 236 g/mol. The van der Waals surface area contributed by atoms with Crippen molar-refractivity contribution < 1.29 is 9.59 Å². The van der Waals surface area contributed by atoms with E-state index in [1.165, 1.54) is 11.8 Å². The molecule has 1 atom stereocenters. The monoisotopic (exact) mass is 246 g/mol. The van der Waals surface area contributed by atoms with Gasteiger partial charge in [0.1, 0.15) is 0 Å². The van der Waals surface area contributed by atoms with Crippen molar-refractivity contribution in [3.05, 3.63) is 35.4 Å². The molecule has 1 unspecified atom stereocenters. The lowest BCUT2D eigenvalue weighted by molar-refractivity contribution is -0.112. The van der Waals surface area contributed by atoms with Gasteiger partial charge >= 0.3 is 0 Å². The van der Waals surface area contributed by atoms with Gasteiger partial charge in [-0.1, -0.05) is 11.8 Å². The Bertz CT molecular complexity index is 490. The summed E-state index contributed by atoms with van der Waals surface area (Å²) in [6.07, 6.45) is 0.686. The summed E-state index contributed by atoms with van der Waals surface area (Å²) in [4.78, 5) is 23.1. The normalized spacial score (nSPS) is 18.8. The Labute approximate surface area is 103 Å². The number of hydrogen-bond donors (Lipinski definition) is 1. The first-order chi connectivity index (χ1) is 8.20. The SMILES string of the molecule is N#Cc1ccc(C(=O)NC2CCSC2=O)cc1. The molecular formula is C12H10N2O2S. The molecule has 5 heteroatoms. The number of nitrogens with one attached hydrogen (secondary N) is 1. The van der Waals surface area contributed by atoms with Crippen molar-refractivity contribution in [2.24, 2.45) is 0 Å². The standard InChI is InChI=1S/C12H10N2O2S/c13-7-8-1-3-9(4-2-8)11(15)14-10-5-6-17-12(10)16/h1-4,10H,5-6H2,(H,14,15). The average Bonchev–Trinajstić information content (AvgIpc) is 2.75. The maximum atomic E-state index is 11.8. The van der Waals surface area contributed by atoms with E-state index in [0.29, 0.717) is 17.5 Å². The van der Waals surface area contributed by atoms with Crippen LogP contribution in [0.1, 0.15) is 22.3 Å². The first-order valence-electron chi connectivity index (χ1n) is 5.18. The quantitative estimate of drug-likeness (QED) is 0.854. The van der Waals surface area contributed by atoms with Gasteiger partial charge in [-0.25, -0.2) is 0 Å². The van der Waals surface area contributed by atoms with Gasteiger partial charge in [0, 0.05) is 11.3 Å². The largest absolute Gasteiger partial charge is 0.341 e. The van der Waals surface area contributed by atoms with E-state index >= 15 is 0 Å². The van der Waals surface area contributed by atoms with Crippen LogP contribution >= 0.6 is 11.8 Å². The van der Waals surface area contributed by atoms with Crippen molar-refractivity contribution in [2.75, 3.05) is 5.75 Å². The number of carbonyl (C=O) groups is 2. The van der Waals surface area contributed by atoms with Crippen LogP contribution in [-0.2, 0) is 4.79 Å². The zero-order valence-electron chi connectivity index (χ0n) is 8.97. The summed E-state index contributed by atoms with van der Waals surface area (Å²) in [5.41, 5.74) is 0.975. The molecule has 0 aromatic heterocycles. The second-order valence-electron chi connectivity index (χ2n) is 3.67. The van der Waals surface area contributed by atoms with Crippen LogP contribution in [0.3, 0.4) is 0 Å². The van der Waals surface area contributed by atoms with E-state index in [-0.39, 0.29) is 17.1 Å². The number of benzene rings is 1. The first kappa shape index (κ1) is 11.7. The van der Waals surface area contributed by atoms with Crippen LogP contribution in [0.25, 0.3) is 0 Å². The Hall–Kier alpha value is -1.80. The number of nitrogens with zero attached hydrogens (tertiary/aromatic N) is 1. The second kappa shape index (κ2) is 5.02. The van der Waals surface area contributed by atoms with Crippen LogP contribution in [0.4, 0.5) is 0 Å². The molecule has 0 saturated carbocycles. The van der Waals surface area contributed by atoms with E-state index in [0.717, 1.165) is 5.75 Å². The second-order valence-corrected chi connectivity index (χ2v) is 4.77. The Morgan fingerprint density at radius 1 is 1.41 bits per heavy atom. The Morgan fingerprint density at radius 3 is 2.65 bits per heavy atom. The molecule has 1 fully saturated rings. The fraction of sp³-hybridized carbons (Fsp3) is 0.250. The molecule has 1 aliphatic heterocycles. The summed E-state index contributed by atoms with van der Waals surface area (Å²) in [6.45, 7) is 0. The van der Waals surface area contributed by atoms with Crippen molar-refractivity contribution in [1.82, 2.24) is 5.32 Å². The van der Waals surface area contributed by atoms with Gasteiger partial charge in [-0.15, -0.1) is 0 Å². The predicted molar refractivity (Wildman–Crippen MR) is 64.5 cm³/mol. The summed E-state index contributed by atoms with van der Waals surface area (Å²) in [5, 5.41) is 11.3. The van der Waals surface area contributed by atoms with Gasteiger partial charge in [-0.05, 0) is 30.7 Å². The zero-order chi connectivity index (χ0) is 12.3. The highest BCUT2D eigenvalue weighted by molar-refractivity contribution is 8.14. The van der Waals surface area contributed by atoms with Crippen LogP contribution in [0, 0.1) is 11.3 Å². The number of carbonyl (C=O) groups excluding carboxylic acids is 2. The van der Waals surface area contributed by atoms with Crippen LogP contribution < -0.4 is 5.32 Å². The molecule has 1 amide bonds. The van der Waals surface area contributed by atoms with Crippen LogP contribution in [-0.4, -0.2) is 22.8 Å². The van der Waals surface area contributed by atoms with E-state index in [9.17, 15) is 9.59 Å². The predicted octanol–water partition coefficient (Wildman–Crippen LogP) is 1.32. The number of rotatable bonds is 2. The Morgan fingerprint density at radius 2 is 2.12 bits per heavy atom. The average molecular weight is 246 g/mol. The molecule has 1 N–H and O–H groups in total. The molecule has 0 spiro atoms. The van der Waals surface area contributed by atoms with Crippen molar-refractivity contribution in [1.29, 1.82) is 5.26 Å². The van der Waals surface area contributed by atoms with Crippen molar-refractivity contribution >= 4 is 22.8 Å². The lowest BCUT2D eigenvalue weighted by Gasteiger charge is -2.09. The molecule has 1 aromatic carbocycles. The van der Waals surface area contributed by atoms with Gasteiger partial charge in [0.15, 0.2) is 0 Å². The van der Waals surface area contributed by atoms with Gasteiger partial charge in [0.25, 0.3) is 5.91 Å². The third-order valence-electron chi connectivity index (χ3n) is 2.52. The Kier molecular flexibility index (Phi) is 3.45. The molecule has 86 valence electrons. The van der Waals surface area contributed by atoms with Gasteiger partial charge in [-0.2, -0.15) is 5.26 Å². The summed E-state index contributed by atoms with van der Waals surface area (Å²) in [7, 11) is 0. The van der Waals surface area contributed by atoms with E-state index in [1.54, 1.807) is 24.3 Å². The fourth-order valence-electron chi connectivity index (χ4n) is 1.56. The number of amides is 1. The molecule has 1 heterocycles. The molecule has 0 bridgehead atoms. The lowest BCUT2D eigenvalue weighted by atomic mass is 10.1. The molecule has 17 heavy (non-hydrogen) atoms. The van der Waals surface area contributed by atoms with Gasteiger partial charge in [-0.3, -0.25) is 9.59 Å². The van der Waals surface area contributed by atoms with Gasteiger partial charge in [0.2, 0.25) is 5.12 Å². The summed E-state index contributed by atoms with van der Waals surface area (Å²) < 4.78 is 0. The summed E-state index contributed by atoms with van der Waals surface area (Å²) in [5.74, 6) is 0.493. The minimum absolute atomic E-state index is 0.0204. The van der Waals surface area contributed by atoms with Gasteiger partial charge in [0.05, 0.1) is 17.7 Å². The van der Waals surface area contributed by atoms with Crippen LogP contribution in [0.5, 0.6) is 0 Å². The molecule has 4 nitrogen and oxygen atoms in total. The number of thioether (sulfide) groups is 1. The first-order valence-corrected chi connectivity index (χ1v) is 6.17. The molecule has 0 aliphatic carbocycles. The summed E-state index contributed by atoms with van der Waals surface area (Å²) >= 11 is 1.25. The topological polar surface area (TPSA) is 70.0 Å². The van der Waals surface area contributed by atoms with Crippen LogP contribution in [0.2, 0.25) is 0 Å². The number of nitriles is 1.